The number of hydrogen-bond acceptors (Lipinski definition) is 4. The number of amides is 3. The second kappa shape index (κ2) is 6.60. The molecule has 2 aliphatic heterocycles. The molecule has 0 saturated carbocycles. The van der Waals surface area contributed by atoms with Gasteiger partial charge in [-0.05, 0) is 26.1 Å². The lowest BCUT2D eigenvalue weighted by Gasteiger charge is -2.34. The van der Waals surface area contributed by atoms with Gasteiger partial charge in [0.15, 0.2) is 0 Å². The molecule has 8 heteroatoms. The minimum Gasteiger partial charge on any atom is -0.338 e. The van der Waals surface area contributed by atoms with Crippen LogP contribution in [0, 0.1) is 0 Å². The second-order valence-electron chi connectivity index (χ2n) is 7.00. The number of likely N-dealkylation sites (N-methyl/N-ethyl adjacent to an activating group) is 1. The normalized spacial score (nSPS) is 18.8. The van der Waals surface area contributed by atoms with E-state index in [2.05, 4.69) is 15.2 Å². The Balaban J connectivity index is 1.44. The number of imidazole rings is 1. The fourth-order valence-corrected chi connectivity index (χ4v) is 3.61. The quantitative estimate of drug-likeness (QED) is 0.861. The highest BCUT2D eigenvalue weighted by molar-refractivity contribution is 5.96. The Morgan fingerprint density at radius 2 is 1.81 bits per heavy atom. The Hall–Kier alpha value is -2.61. The van der Waals surface area contributed by atoms with Crippen LogP contribution in [0.5, 0.6) is 0 Å². The van der Waals surface area contributed by atoms with Gasteiger partial charge in [0.05, 0.1) is 11.0 Å². The molecule has 0 radical (unpaired) electrons. The van der Waals surface area contributed by atoms with E-state index < -0.39 is 6.04 Å². The summed E-state index contributed by atoms with van der Waals surface area (Å²) in [6, 6.07) is 7.03. The van der Waals surface area contributed by atoms with Crippen LogP contribution in [0.1, 0.15) is 6.92 Å². The molecule has 1 N–H and O–H groups in total. The summed E-state index contributed by atoms with van der Waals surface area (Å²) in [6.07, 6.45) is 0. The van der Waals surface area contributed by atoms with Crippen LogP contribution in [0.2, 0.25) is 0 Å². The molecule has 8 nitrogen and oxygen atoms in total. The summed E-state index contributed by atoms with van der Waals surface area (Å²) in [4.78, 5) is 35.5. The zero-order valence-corrected chi connectivity index (χ0v) is 15.2. The van der Waals surface area contributed by atoms with Crippen molar-refractivity contribution in [3.8, 4) is 0 Å². The molecule has 2 aliphatic rings. The maximum absolute atomic E-state index is 12.7. The number of nitrogens with zero attached hydrogens (tertiary/aromatic N) is 5. The number of urea groups is 1. The molecule has 1 aromatic carbocycles. The van der Waals surface area contributed by atoms with Crippen molar-refractivity contribution in [3.05, 3.63) is 24.3 Å². The fourth-order valence-electron chi connectivity index (χ4n) is 3.61. The summed E-state index contributed by atoms with van der Waals surface area (Å²) in [7, 11) is 2.05. The molecule has 3 heterocycles. The van der Waals surface area contributed by atoms with E-state index in [4.69, 9.17) is 0 Å². The number of carbonyl (C=O) groups excluding carboxylic acids is 2. The maximum atomic E-state index is 12.7. The van der Waals surface area contributed by atoms with E-state index >= 15 is 0 Å². The van der Waals surface area contributed by atoms with Crippen LogP contribution in [0.3, 0.4) is 0 Å². The maximum Gasteiger partial charge on any atom is 0.324 e. The standard InChI is InChI=1S/C18H24N6O2/c1-13(16(25)22-9-7-21(2)8-10-22)19-18(26)24-12-11-23-15-6-4-3-5-14(15)20-17(23)24/h3-6,13H,7-12H2,1-2H3,(H,19,26). The van der Waals surface area contributed by atoms with Crippen molar-refractivity contribution in [2.45, 2.75) is 19.5 Å². The summed E-state index contributed by atoms with van der Waals surface area (Å²) >= 11 is 0. The molecule has 4 rings (SSSR count). The van der Waals surface area contributed by atoms with Crippen molar-refractivity contribution in [2.75, 3.05) is 44.7 Å². The van der Waals surface area contributed by atoms with Gasteiger partial charge >= 0.3 is 6.03 Å². The lowest BCUT2D eigenvalue weighted by atomic mass is 10.2. The van der Waals surface area contributed by atoms with Crippen molar-refractivity contribution in [2.24, 2.45) is 0 Å². The van der Waals surface area contributed by atoms with E-state index in [0.29, 0.717) is 32.1 Å². The molecular weight excluding hydrogens is 332 g/mol. The predicted octanol–water partition coefficient (Wildman–Crippen LogP) is 0.728. The average Bonchev–Trinajstić information content (AvgIpc) is 3.20. The number of rotatable bonds is 2. The number of piperazine rings is 1. The highest BCUT2D eigenvalue weighted by Gasteiger charge is 2.31. The first kappa shape index (κ1) is 16.8. The van der Waals surface area contributed by atoms with Gasteiger partial charge in [-0.1, -0.05) is 12.1 Å². The van der Waals surface area contributed by atoms with Gasteiger partial charge in [0.1, 0.15) is 6.04 Å². The first-order chi connectivity index (χ1) is 12.5. The fraction of sp³-hybridized carbons (Fsp3) is 0.500. The van der Waals surface area contributed by atoms with Crippen molar-refractivity contribution >= 4 is 28.9 Å². The summed E-state index contributed by atoms with van der Waals surface area (Å²) < 4.78 is 2.04. The van der Waals surface area contributed by atoms with Crippen LogP contribution in [0.4, 0.5) is 10.7 Å². The molecule has 1 aromatic heterocycles. The van der Waals surface area contributed by atoms with Gasteiger partial charge < -0.3 is 19.7 Å². The van der Waals surface area contributed by atoms with Crippen LogP contribution >= 0.6 is 0 Å². The highest BCUT2D eigenvalue weighted by Crippen LogP contribution is 2.27. The number of benzene rings is 1. The van der Waals surface area contributed by atoms with Gasteiger partial charge in [-0.15, -0.1) is 0 Å². The molecule has 26 heavy (non-hydrogen) atoms. The van der Waals surface area contributed by atoms with Gasteiger partial charge in [0.25, 0.3) is 0 Å². The second-order valence-corrected chi connectivity index (χ2v) is 7.00. The summed E-state index contributed by atoms with van der Waals surface area (Å²) in [5.41, 5.74) is 1.90. The monoisotopic (exact) mass is 356 g/mol. The Kier molecular flexibility index (Phi) is 4.28. The van der Waals surface area contributed by atoms with Crippen LogP contribution in [-0.4, -0.2) is 77.1 Å². The minimum atomic E-state index is -0.552. The van der Waals surface area contributed by atoms with E-state index in [0.717, 1.165) is 24.1 Å². The average molecular weight is 356 g/mol. The summed E-state index contributed by atoms with van der Waals surface area (Å²) in [6.45, 7) is 6.16. The summed E-state index contributed by atoms with van der Waals surface area (Å²) in [5.74, 6) is 0.613. The number of carbonyl (C=O) groups is 2. The van der Waals surface area contributed by atoms with E-state index in [-0.39, 0.29) is 11.9 Å². The number of hydrogen-bond donors (Lipinski definition) is 1. The first-order valence-electron chi connectivity index (χ1n) is 9.05. The molecule has 1 saturated heterocycles. The van der Waals surface area contributed by atoms with Crippen molar-refractivity contribution in [1.29, 1.82) is 0 Å². The molecule has 1 fully saturated rings. The van der Waals surface area contributed by atoms with Crippen molar-refractivity contribution in [3.63, 3.8) is 0 Å². The molecule has 1 unspecified atom stereocenters. The van der Waals surface area contributed by atoms with Gasteiger partial charge in [0.2, 0.25) is 11.9 Å². The third-order valence-corrected chi connectivity index (χ3v) is 5.19. The predicted molar refractivity (Wildman–Crippen MR) is 99.1 cm³/mol. The lowest BCUT2D eigenvalue weighted by Crippen LogP contribution is -2.55. The zero-order valence-electron chi connectivity index (χ0n) is 15.2. The number of para-hydroxylation sites is 2. The number of fused-ring (bicyclic) bond motifs is 3. The molecule has 138 valence electrons. The van der Waals surface area contributed by atoms with E-state index in [1.54, 1.807) is 11.8 Å². The zero-order chi connectivity index (χ0) is 18.3. The van der Waals surface area contributed by atoms with Gasteiger partial charge in [-0.25, -0.2) is 9.78 Å². The van der Waals surface area contributed by atoms with Gasteiger partial charge in [-0.2, -0.15) is 0 Å². The van der Waals surface area contributed by atoms with Crippen LogP contribution in [0.15, 0.2) is 24.3 Å². The SMILES string of the molecule is CC(NC(=O)N1CCn2c1nc1ccccc12)C(=O)N1CCN(C)CC1. The van der Waals surface area contributed by atoms with Gasteiger partial charge in [-0.3, -0.25) is 9.69 Å². The highest BCUT2D eigenvalue weighted by atomic mass is 16.2. The Bertz CT molecular complexity index is 839. The third-order valence-electron chi connectivity index (χ3n) is 5.19. The molecule has 0 aliphatic carbocycles. The Morgan fingerprint density at radius 3 is 2.58 bits per heavy atom. The molecule has 0 bridgehead atoms. The van der Waals surface area contributed by atoms with E-state index in [1.807, 2.05) is 40.8 Å². The first-order valence-corrected chi connectivity index (χ1v) is 9.05. The number of anilines is 1. The third kappa shape index (κ3) is 2.90. The van der Waals surface area contributed by atoms with E-state index in [1.165, 1.54) is 0 Å². The molecule has 0 spiro atoms. The topological polar surface area (TPSA) is 73.7 Å². The van der Waals surface area contributed by atoms with Crippen LogP contribution < -0.4 is 10.2 Å². The number of aromatic nitrogens is 2. The Labute approximate surface area is 152 Å². The van der Waals surface area contributed by atoms with Crippen molar-refractivity contribution < 1.29 is 9.59 Å². The smallest absolute Gasteiger partial charge is 0.324 e. The molecule has 2 aromatic rings. The summed E-state index contributed by atoms with van der Waals surface area (Å²) in [5, 5.41) is 2.84. The van der Waals surface area contributed by atoms with Crippen LogP contribution in [-0.2, 0) is 11.3 Å². The lowest BCUT2D eigenvalue weighted by molar-refractivity contribution is -0.134. The molecular formula is C18H24N6O2. The number of nitrogens with one attached hydrogen (secondary N) is 1. The van der Waals surface area contributed by atoms with E-state index in [9.17, 15) is 9.59 Å². The molecule has 3 amide bonds. The van der Waals surface area contributed by atoms with Gasteiger partial charge in [0, 0.05) is 39.3 Å². The van der Waals surface area contributed by atoms with Crippen LogP contribution in [0.25, 0.3) is 11.0 Å². The van der Waals surface area contributed by atoms with Crippen molar-refractivity contribution in [1.82, 2.24) is 24.7 Å². The largest absolute Gasteiger partial charge is 0.338 e. The minimum absolute atomic E-state index is 0.0286. The molecule has 1 atom stereocenters. The Morgan fingerprint density at radius 1 is 1.08 bits per heavy atom.